The van der Waals surface area contributed by atoms with Crippen LogP contribution in [-0.2, 0) is 10.2 Å². The molecule has 2 rings (SSSR count). The van der Waals surface area contributed by atoms with Gasteiger partial charge in [-0.05, 0) is 37.3 Å². The molecule has 1 saturated carbocycles. The lowest BCUT2D eigenvalue weighted by atomic mass is 9.82. The van der Waals surface area contributed by atoms with Crippen LogP contribution in [0.5, 0.6) is 0 Å². The van der Waals surface area contributed by atoms with Gasteiger partial charge in [-0.25, -0.2) is 0 Å². The number of aryl methyl sites for hydroxylation is 1. The minimum absolute atomic E-state index is 0.0538. The van der Waals surface area contributed by atoms with Crippen molar-refractivity contribution in [3.63, 3.8) is 0 Å². The van der Waals surface area contributed by atoms with E-state index in [1.165, 1.54) is 11.1 Å². The second kappa shape index (κ2) is 5.96. The highest BCUT2D eigenvalue weighted by atomic mass is 16.1. The fourth-order valence-corrected chi connectivity index (χ4v) is 3.13. The molecule has 1 aromatic carbocycles. The Morgan fingerprint density at radius 1 is 1.35 bits per heavy atom. The van der Waals surface area contributed by atoms with Crippen molar-refractivity contribution >= 4 is 5.91 Å². The van der Waals surface area contributed by atoms with Crippen molar-refractivity contribution in [3.05, 3.63) is 35.4 Å². The summed E-state index contributed by atoms with van der Waals surface area (Å²) in [5.74, 6) is 0.275. The molecule has 2 atom stereocenters. The number of carbonyl (C=O) groups is 1. The van der Waals surface area contributed by atoms with Crippen LogP contribution in [0.15, 0.2) is 24.3 Å². The van der Waals surface area contributed by atoms with Gasteiger partial charge in [-0.2, -0.15) is 0 Å². The maximum atomic E-state index is 12.2. The quantitative estimate of drug-likeness (QED) is 0.886. The number of carbonyl (C=O) groups excluding carboxylic acids is 1. The van der Waals surface area contributed by atoms with Gasteiger partial charge in [0.05, 0.1) is 0 Å². The summed E-state index contributed by atoms with van der Waals surface area (Å²) in [6.45, 7) is 7.14. The predicted octanol–water partition coefficient (Wildman–Crippen LogP) is 2.52. The van der Waals surface area contributed by atoms with E-state index in [9.17, 15) is 4.79 Å². The van der Waals surface area contributed by atoms with Crippen molar-refractivity contribution in [2.45, 2.75) is 51.5 Å². The first-order valence-corrected chi connectivity index (χ1v) is 7.49. The summed E-state index contributed by atoms with van der Waals surface area (Å²) in [6, 6.07) is 8.58. The molecule has 0 bridgehead atoms. The number of benzene rings is 1. The number of nitrogens with one attached hydrogen (secondary N) is 1. The summed E-state index contributed by atoms with van der Waals surface area (Å²) in [7, 11) is 0. The molecule has 0 aromatic heterocycles. The maximum absolute atomic E-state index is 12.2. The van der Waals surface area contributed by atoms with Crippen LogP contribution in [0.1, 0.15) is 44.2 Å². The largest absolute Gasteiger partial charge is 0.355 e. The van der Waals surface area contributed by atoms with E-state index >= 15 is 0 Å². The maximum Gasteiger partial charge on any atom is 0.223 e. The van der Waals surface area contributed by atoms with E-state index in [1.54, 1.807) is 0 Å². The Labute approximate surface area is 121 Å². The average molecular weight is 274 g/mol. The molecule has 0 radical (unpaired) electrons. The summed E-state index contributed by atoms with van der Waals surface area (Å²) >= 11 is 0. The second-order valence-electron chi connectivity index (χ2n) is 6.69. The lowest BCUT2D eigenvalue weighted by Crippen LogP contribution is -2.39. The molecule has 2 unspecified atom stereocenters. The molecular weight excluding hydrogens is 248 g/mol. The fraction of sp³-hybridized carbons (Fsp3) is 0.588. The Bertz CT molecular complexity index is 482. The van der Waals surface area contributed by atoms with Crippen LogP contribution in [-0.4, -0.2) is 18.5 Å². The summed E-state index contributed by atoms with van der Waals surface area (Å²) < 4.78 is 0. The highest BCUT2D eigenvalue weighted by Crippen LogP contribution is 2.27. The number of amides is 1. The second-order valence-corrected chi connectivity index (χ2v) is 6.69. The Balaban J connectivity index is 1.96. The van der Waals surface area contributed by atoms with Crippen LogP contribution in [0.3, 0.4) is 0 Å². The topological polar surface area (TPSA) is 55.1 Å². The zero-order valence-electron chi connectivity index (χ0n) is 12.8. The van der Waals surface area contributed by atoms with E-state index < -0.39 is 0 Å². The van der Waals surface area contributed by atoms with Crippen molar-refractivity contribution in [1.82, 2.24) is 5.32 Å². The first-order chi connectivity index (χ1) is 9.40. The molecule has 3 heteroatoms. The van der Waals surface area contributed by atoms with Gasteiger partial charge in [0.2, 0.25) is 5.91 Å². The van der Waals surface area contributed by atoms with Gasteiger partial charge in [-0.3, -0.25) is 4.79 Å². The van der Waals surface area contributed by atoms with Crippen molar-refractivity contribution in [1.29, 1.82) is 0 Å². The van der Waals surface area contributed by atoms with Crippen LogP contribution >= 0.6 is 0 Å². The number of hydrogen-bond donors (Lipinski definition) is 2. The van der Waals surface area contributed by atoms with Gasteiger partial charge in [-0.1, -0.05) is 38.1 Å². The summed E-state index contributed by atoms with van der Waals surface area (Å²) in [6.07, 6.45) is 2.73. The van der Waals surface area contributed by atoms with Crippen LogP contribution in [0.4, 0.5) is 0 Å². The molecule has 3 N–H and O–H groups in total. The van der Waals surface area contributed by atoms with Gasteiger partial charge < -0.3 is 11.1 Å². The zero-order valence-corrected chi connectivity index (χ0v) is 12.8. The molecule has 3 nitrogen and oxygen atoms in total. The highest BCUT2D eigenvalue weighted by molar-refractivity contribution is 5.79. The Hall–Kier alpha value is -1.35. The Morgan fingerprint density at radius 3 is 2.65 bits per heavy atom. The minimum atomic E-state index is -0.0538. The molecule has 0 heterocycles. The van der Waals surface area contributed by atoms with E-state index in [0.717, 1.165) is 19.3 Å². The van der Waals surface area contributed by atoms with Gasteiger partial charge in [0.25, 0.3) is 0 Å². The zero-order chi connectivity index (χ0) is 14.8. The van der Waals surface area contributed by atoms with Gasteiger partial charge in [0.1, 0.15) is 0 Å². The van der Waals surface area contributed by atoms with E-state index in [2.05, 4.69) is 44.3 Å². The van der Waals surface area contributed by atoms with E-state index in [-0.39, 0.29) is 23.3 Å². The smallest absolute Gasteiger partial charge is 0.223 e. The van der Waals surface area contributed by atoms with Gasteiger partial charge in [0.15, 0.2) is 0 Å². The first kappa shape index (κ1) is 15.0. The Morgan fingerprint density at radius 2 is 2.05 bits per heavy atom. The molecule has 110 valence electrons. The Kier molecular flexibility index (Phi) is 4.48. The first-order valence-electron chi connectivity index (χ1n) is 7.49. The predicted molar refractivity (Wildman–Crippen MR) is 82.5 cm³/mol. The lowest BCUT2D eigenvalue weighted by molar-refractivity contribution is -0.125. The number of rotatable bonds is 4. The molecule has 0 spiro atoms. The van der Waals surface area contributed by atoms with Crippen LogP contribution in [0.25, 0.3) is 0 Å². The third-order valence-corrected chi connectivity index (χ3v) is 4.42. The summed E-state index contributed by atoms with van der Waals surface area (Å²) in [4.78, 5) is 12.2. The highest BCUT2D eigenvalue weighted by Gasteiger charge is 2.29. The van der Waals surface area contributed by atoms with Crippen molar-refractivity contribution in [3.8, 4) is 0 Å². The van der Waals surface area contributed by atoms with E-state index in [1.807, 2.05) is 6.07 Å². The summed E-state index contributed by atoms with van der Waals surface area (Å²) in [5, 5.41) is 3.12. The number of hydrogen-bond acceptors (Lipinski definition) is 2. The molecule has 1 aliphatic rings. The molecule has 1 aliphatic carbocycles. The van der Waals surface area contributed by atoms with Crippen LogP contribution in [0.2, 0.25) is 0 Å². The minimum Gasteiger partial charge on any atom is -0.355 e. The third kappa shape index (κ3) is 3.40. The molecular formula is C17H26N2O. The van der Waals surface area contributed by atoms with Gasteiger partial charge >= 0.3 is 0 Å². The molecule has 20 heavy (non-hydrogen) atoms. The third-order valence-electron chi connectivity index (χ3n) is 4.42. The van der Waals surface area contributed by atoms with Crippen molar-refractivity contribution < 1.29 is 4.79 Å². The number of nitrogens with two attached hydrogens (primary N) is 1. The molecule has 0 aliphatic heterocycles. The van der Waals surface area contributed by atoms with Gasteiger partial charge in [-0.15, -0.1) is 0 Å². The van der Waals surface area contributed by atoms with E-state index in [4.69, 9.17) is 5.73 Å². The lowest BCUT2D eigenvalue weighted by Gasteiger charge is -2.28. The molecule has 1 fully saturated rings. The average Bonchev–Trinajstić information content (AvgIpc) is 2.83. The SMILES string of the molecule is Cc1ccccc1C(C)(C)CNC(=O)C1CCC(N)C1. The van der Waals surface area contributed by atoms with Crippen molar-refractivity contribution in [2.24, 2.45) is 11.7 Å². The monoisotopic (exact) mass is 274 g/mol. The standard InChI is InChI=1S/C17H26N2O/c1-12-6-4-5-7-15(12)17(2,3)11-19-16(20)13-8-9-14(18)10-13/h4-7,13-14H,8-11,18H2,1-3H3,(H,19,20). The summed E-state index contributed by atoms with van der Waals surface area (Å²) in [5.41, 5.74) is 8.39. The molecule has 1 amide bonds. The van der Waals surface area contributed by atoms with Crippen molar-refractivity contribution in [2.75, 3.05) is 6.54 Å². The molecule has 1 aromatic rings. The van der Waals surface area contributed by atoms with Crippen LogP contribution in [0, 0.1) is 12.8 Å². The van der Waals surface area contributed by atoms with E-state index in [0.29, 0.717) is 6.54 Å². The van der Waals surface area contributed by atoms with Gasteiger partial charge in [0, 0.05) is 23.9 Å². The normalized spacial score (nSPS) is 22.8. The fourth-order valence-electron chi connectivity index (χ4n) is 3.13. The molecule has 0 saturated heterocycles. The van der Waals surface area contributed by atoms with Crippen LogP contribution < -0.4 is 11.1 Å².